The van der Waals surface area contributed by atoms with Crippen LogP contribution in [0.5, 0.6) is 5.75 Å². The number of nitrogens with one attached hydrogen (secondary N) is 3. The molecular formula is C39H43F3N8O6. The monoisotopic (exact) mass is 776 g/mol. The van der Waals surface area contributed by atoms with Gasteiger partial charge in [0.05, 0.1) is 31.1 Å². The summed E-state index contributed by atoms with van der Waals surface area (Å²) in [5.41, 5.74) is 2.44. The number of nitrogens with zero attached hydrogens (tertiary/aromatic N) is 5. The third-order valence-electron chi connectivity index (χ3n) is 11.0. The molecule has 3 aliphatic heterocycles. The number of anilines is 4. The van der Waals surface area contributed by atoms with Gasteiger partial charge in [-0.05, 0) is 61.8 Å². The number of methoxy groups -OCH3 is 1. The van der Waals surface area contributed by atoms with E-state index < -0.39 is 42.0 Å². The number of benzene rings is 2. The fourth-order valence-corrected chi connectivity index (χ4v) is 8.02. The van der Waals surface area contributed by atoms with Crippen LogP contribution in [0.4, 0.5) is 36.3 Å². The minimum Gasteiger partial charge on any atom is -0.495 e. The number of piperidine rings is 1. The lowest BCUT2D eigenvalue weighted by atomic mass is 9.98. The van der Waals surface area contributed by atoms with Crippen molar-refractivity contribution < 1.29 is 41.9 Å². The van der Waals surface area contributed by atoms with Gasteiger partial charge < -0.3 is 30.1 Å². The maximum Gasteiger partial charge on any atom is 0.342 e. The van der Waals surface area contributed by atoms with E-state index in [0.29, 0.717) is 44.2 Å². The van der Waals surface area contributed by atoms with E-state index >= 15 is 4.39 Å². The zero-order valence-electron chi connectivity index (χ0n) is 31.1. The average Bonchev–Trinajstić information content (AvgIpc) is 3.82. The molecule has 0 bridgehead atoms. The van der Waals surface area contributed by atoms with Gasteiger partial charge in [0.15, 0.2) is 5.82 Å². The number of carbonyl (C=O) groups is 5. The predicted octanol–water partition coefficient (Wildman–Crippen LogP) is 4.63. The lowest BCUT2D eigenvalue weighted by Gasteiger charge is -2.31. The first-order valence-corrected chi connectivity index (χ1v) is 18.8. The van der Waals surface area contributed by atoms with Gasteiger partial charge >= 0.3 is 5.92 Å². The van der Waals surface area contributed by atoms with Crippen molar-refractivity contribution in [2.75, 3.05) is 42.4 Å². The summed E-state index contributed by atoms with van der Waals surface area (Å²) in [5.74, 6) is -7.22. The van der Waals surface area contributed by atoms with Crippen molar-refractivity contribution in [2.45, 2.75) is 88.8 Å². The molecule has 296 valence electrons. The van der Waals surface area contributed by atoms with E-state index in [1.807, 2.05) is 12.1 Å². The summed E-state index contributed by atoms with van der Waals surface area (Å²) in [4.78, 5) is 75.4. The molecular weight excluding hydrogens is 733 g/mol. The van der Waals surface area contributed by atoms with E-state index in [-0.39, 0.29) is 65.3 Å². The summed E-state index contributed by atoms with van der Waals surface area (Å²) in [6.07, 6.45) is 7.65. The van der Waals surface area contributed by atoms with Crippen molar-refractivity contribution in [1.82, 2.24) is 25.5 Å². The Bertz CT molecular complexity index is 2080. The molecule has 0 spiro atoms. The largest absolute Gasteiger partial charge is 0.495 e. The van der Waals surface area contributed by atoms with E-state index in [4.69, 9.17) is 4.74 Å². The highest BCUT2D eigenvalue weighted by Crippen LogP contribution is 2.40. The number of carbonyl (C=O) groups excluding carboxylic acids is 5. The Kier molecular flexibility index (Phi) is 10.9. The van der Waals surface area contributed by atoms with Crippen molar-refractivity contribution >= 4 is 52.7 Å². The molecule has 56 heavy (non-hydrogen) atoms. The first kappa shape index (κ1) is 38.5. The molecule has 7 rings (SSSR count). The molecule has 3 N–H and O–H groups in total. The first-order valence-electron chi connectivity index (χ1n) is 18.8. The number of unbranched alkanes of at least 4 members (excludes halogenated alkanes) is 2. The molecule has 2 aromatic carbocycles. The maximum atomic E-state index is 15.4. The number of fused-ring (bicyclic) bond motifs is 2. The summed E-state index contributed by atoms with van der Waals surface area (Å²) >= 11 is 0. The number of ether oxygens (including phenoxy) is 1. The van der Waals surface area contributed by atoms with E-state index in [1.54, 1.807) is 6.07 Å². The minimum atomic E-state index is -3.63. The van der Waals surface area contributed by atoms with Gasteiger partial charge in [-0.3, -0.25) is 29.3 Å². The molecule has 1 saturated heterocycles. The Balaban J connectivity index is 0.949. The van der Waals surface area contributed by atoms with Gasteiger partial charge in [0.2, 0.25) is 17.8 Å². The lowest BCUT2D eigenvalue weighted by Crippen LogP contribution is -2.52. The van der Waals surface area contributed by atoms with E-state index in [1.165, 1.54) is 36.2 Å². The average molecular weight is 777 g/mol. The fraction of sp³-hybridized carbons (Fsp3) is 0.462. The molecule has 14 nitrogen and oxygen atoms in total. The zero-order valence-corrected chi connectivity index (χ0v) is 31.1. The van der Waals surface area contributed by atoms with E-state index in [0.717, 1.165) is 47.8 Å². The number of rotatable bonds is 12. The molecule has 1 atom stereocenters. The number of aromatic nitrogens is 2. The number of imide groups is 1. The molecule has 2 fully saturated rings. The number of amides is 5. The van der Waals surface area contributed by atoms with Crippen LogP contribution >= 0.6 is 0 Å². The van der Waals surface area contributed by atoms with Crippen LogP contribution in [0.15, 0.2) is 36.5 Å². The van der Waals surface area contributed by atoms with Gasteiger partial charge in [-0.1, -0.05) is 31.4 Å². The molecule has 17 heteroatoms. The van der Waals surface area contributed by atoms with Crippen molar-refractivity contribution in [3.8, 4) is 5.75 Å². The van der Waals surface area contributed by atoms with Crippen molar-refractivity contribution in [3.05, 3.63) is 64.6 Å². The smallest absolute Gasteiger partial charge is 0.342 e. The van der Waals surface area contributed by atoms with Gasteiger partial charge in [0.25, 0.3) is 17.7 Å². The summed E-state index contributed by atoms with van der Waals surface area (Å²) in [6.45, 7) is -0.238. The van der Waals surface area contributed by atoms with Crippen LogP contribution in [-0.2, 0) is 27.3 Å². The second kappa shape index (κ2) is 15.8. The molecule has 1 unspecified atom stereocenters. The van der Waals surface area contributed by atoms with Crippen molar-refractivity contribution in [1.29, 1.82) is 0 Å². The van der Waals surface area contributed by atoms with Gasteiger partial charge in [-0.25, -0.2) is 9.37 Å². The zero-order chi connectivity index (χ0) is 39.7. The normalized spacial score (nSPS) is 19.4. The molecule has 5 amide bonds. The quantitative estimate of drug-likeness (QED) is 0.174. The van der Waals surface area contributed by atoms with Crippen molar-refractivity contribution in [2.24, 2.45) is 0 Å². The molecule has 4 aliphatic rings. The van der Waals surface area contributed by atoms with Gasteiger partial charge in [-0.2, -0.15) is 13.8 Å². The van der Waals surface area contributed by atoms with Crippen LogP contribution in [0.1, 0.15) is 89.6 Å². The van der Waals surface area contributed by atoms with Crippen LogP contribution in [0.25, 0.3) is 0 Å². The predicted molar refractivity (Wildman–Crippen MR) is 199 cm³/mol. The number of halogens is 3. The Labute approximate surface area is 321 Å². The highest BCUT2D eigenvalue weighted by molar-refractivity contribution is 6.05. The van der Waals surface area contributed by atoms with Crippen LogP contribution in [-0.4, -0.2) is 89.7 Å². The Hall–Kier alpha value is -5.74. The van der Waals surface area contributed by atoms with Gasteiger partial charge in [-0.15, -0.1) is 0 Å². The Morgan fingerprint density at radius 2 is 1.84 bits per heavy atom. The summed E-state index contributed by atoms with van der Waals surface area (Å²) in [5, 5.41) is 7.96. The van der Waals surface area contributed by atoms with Crippen LogP contribution in [0.3, 0.4) is 0 Å². The molecule has 1 saturated carbocycles. The second-order valence-corrected chi connectivity index (χ2v) is 14.6. The standard InChI is InChI=1S/C39H43F3N8O6/c1-48-30-19-44-38(47-33(30)50(23-11-5-6-12-23)21-39(41,42)37(48)55)45-28-18-27(40)25(17-31(28)56-2)34(52)43-16-7-3-4-9-22-10-8-13-24-26(22)20-49(36(24)54)29-14-15-32(51)46-35(29)53/h8,10,13,17-19,23,29H,3-7,9,11-12,14-16,20-21H2,1-2H3,(H,43,52)(H,44,45,47)(H,46,51,53). The third kappa shape index (κ3) is 7.58. The number of alkyl halides is 2. The lowest BCUT2D eigenvalue weighted by molar-refractivity contribution is -0.140. The highest BCUT2D eigenvalue weighted by atomic mass is 19.3. The molecule has 3 aromatic rings. The molecule has 1 aliphatic carbocycles. The van der Waals surface area contributed by atoms with Gasteiger partial charge in [0, 0.05) is 44.2 Å². The number of hydrogen-bond acceptors (Lipinski definition) is 10. The summed E-state index contributed by atoms with van der Waals surface area (Å²) in [7, 11) is 2.61. The molecule has 1 aromatic heterocycles. The highest BCUT2D eigenvalue weighted by Gasteiger charge is 2.49. The van der Waals surface area contributed by atoms with Crippen LogP contribution in [0, 0.1) is 5.82 Å². The Morgan fingerprint density at radius 1 is 1.05 bits per heavy atom. The Morgan fingerprint density at radius 3 is 2.59 bits per heavy atom. The SMILES string of the molecule is COc1cc(C(=O)NCCCCCc2cccc3c2CN(C2CCC(=O)NC2=O)C3=O)c(F)cc1Nc1ncc2c(n1)N(C1CCCC1)CC(F)(F)C(=O)N2C. The van der Waals surface area contributed by atoms with E-state index in [9.17, 15) is 32.8 Å². The third-order valence-corrected chi connectivity index (χ3v) is 11.0. The number of aryl methyl sites for hydroxylation is 1. The molecule has 4 heterocycles. The first-order chi connectivity index (χ1) is 26.9. The topological polar surface area (TPSA) is 166 Å². The summed E-state index contributed by atoms with van der Waals surface area (Å²) < 4.78 is 50.9. The molecule has 0 radical (unpaired) electrons. The maximum absolute atomic E-state index is 15.4. The summed E-state index contributed by atoms with van der Waals surface area (Å²) in [6, 6.07) is 6.95. The van der Waals surface area contributed by atoms with Gasteiger partial charge in [0.1, 0.15) is 23.3 Å². The van der Waals surface area contributed by atoms with Crippen LogP contribution in [0.2, 0.25) is 0 Å². The minimum absolute atomic E-state index is 0.0357. The van der Waals surface area contributed by atoms with Crippen LogP contribution < -0.4 is 30.5 Å². The number of hydrogen-bond donors (Lipinski definition) is 3. The van der Waals surface area contributed by atoms with Crippen molar-refractivity contribution in [3.63, 3.8) is 0 Å². The fourth-order valence-electron chi connectivity index (χ4n) is 8.02. The second-order valence-electron chi connectivity index (χ2n) is 14.6. The van der Waals surface area contributed by atoms with E-state index in [2.05, 4.69) is 25.9 Å².